The van der Waals surface area contributed by atoms with Crippen molar-refractivity contribution in [2.45, 2.75) is 44.9 Å². The van der Waals surface area contributed by atoms with E-state index in [1.165, 1.54) is 12.1 Å². The molecule has 0 aliphatic carbocycles. The van der Waals surface area contributed by atoms with Crippen LogP contribution < -0.4 is 4.74 Å². The lowest BCUT2D eigenvalue weighted by molar-refractivity contribution is -0.189. The maximum atomic E-state index is 15.2. The zero-order chi connectivity index (χ0) is 37.1. The summed E-state index contributed by atoms with van der Waals surface area (Å²) < 4.78 is 161. The molecule has 5 rings (SSSR count). The van der Waals surface area contributed by atoms with Crippen molar-refractivity contribution < 1.29 is 53.0 Å². The summed E-state index contributed by atoms with van der Waals surface area (Å²) in [6.07, 6.45) is -5.70. The molecule has 0 radical (unpaired) electrons. The van der Waals surface area contributed by atoms with Crippen LogP contribution in [-0.4, -0.2) is 6.18 Å². The number of hydrogen-bond donors (Lipinski definition) is 0. The normalized spacial score (nSPS) is 12.2. The van der Waals surface area contributed by atoms with Crippen molar-refractivity contribution in [2.75, 3.05) is 0 Å². The summed E-state index contributed by atoms with van der Waals surface area (Å²) >= 11 is 0. The topological polar surface area (TPSA) is 9.23 Å². The first-order chi connectivity index (χ1) is 24.1. The fraction of sp³-hybridized carbons (Fsp3) is 0.179. The summed E-state index contributed by atoms with van der Waals surface area (Å²) in [5.74, 6) is -9.68. The lowest BCUT2D eigenvalue weighted by Gasteiger charge is -2.20. The van der Waals surface area contributed by atoms with Gasteiger partial charge in [-0.25, -0.2) is 26.3 Å². The van der Waals surface area contributed by atoms with Gasteiger partial charge in [0.2, 0.25) is 0 Å². The third-order valence-electron chi connectivity index (χ3n) is 7.99. The SMILES string of the molecule is CCCCCc1ccc(-c2ccc(-c3cc(F)c(C(F)(F)Oc4ccc(-c5cc(F)c(/C=C/C(F)(F)F)c(F)c5)c(F)c4)c(F)c3)c(F)c2)cc1. The van der Waals surface area contributed by atoms with E-state index >= 15 is 22.0 Å². The number of halogens is 11. The first-order valence-electron chi connectivity index (χ1n) is 15.6. The molecule has 266 valence electrons. The Bertz CT molecular complexity index is 2020. The highest BCUT2D eigenvalue weighted by Gasteiger charge is 2.41. The minimum absolute atomic E-state index is 0.149. The minimum atomic E-state index is -4.86. The van der Waals surface area contributed by atoms with E-state index in [1.807, 2.05) is 24.3 Å². The molecular formula is C39H27F11O. The summed E-state index contributed by atoms with van der Waals surface area (Å²) in [7, 11) is 0. The molecule has 0 saturated heterocycles. The van der Waals surface area contributed by atoms with E-state index < -0.39 is 81.3 Å². The van der Waals surface area contributed by atoms with E-state index in [2.05, 4.69) is 11.7 Å². The molecule has 0 aliphatic heterocycles. The van der Waals surface area contributed by atoms with Gasteiger partial charge in [0.05, 0.1) is 0 Å². The zero-order valence-electron chi connectivity index (χ0n) is 26.6. The van der Waals surface area contributed by atoms with Crippen LogP contribution in [0.3, 0.4) is 0 Å². The van der Waals surface area contributed by atoms with Crippen molar-refractivity contribution >= 4 is 6.08 Å². The van der Waals surface area contributed by atoms with Crippen LogP contribution >= 0.6 is 0 Å². The second-order valence-electron chi connectivity index (χ2n) is 11.7. The Balaban J connectivity index is 1.35. The molecule has 0 bridgehead atoms. The molecule has 12 heteroatoms. The van der Waals surface area contributed by atoms with E-state index in [9.17, 15) is 26.3 Å². The number of alkyl halides is 5. The Labute approximate surface area is 285 Å². The first-order valence-corrected chi connectivity index (χ1v) is 15.6. The molecular weight excluding hydrogens is 693 g/mol. The van der Waals surface area contributed by atoms with E-state index in [1.54, 1.807) is 0 Å². The smallest absolute Gasteiger partial charge is 0.429 e. The van der Waals surface area contributed by atoms with Crippen molar-refractivity contribution in [3.63, 3.8) is 0 Å². The zero-order valence-corrected chi connectivity index (χ0v) is 26.6. The maximum Gasteiger partial charge on any atom is 0.432 e. The van der Waals surface area contributed by atoms with Crippen LogP contribution in [0.4, 0.5) is 48.3 Å². The van der Waals surface area contributed by atoms with Crippen molar-refractivity contribution in [1.29, 1.82) is 0 Å². The molecule has 0 aliphatic rings. The average Bonchev–Trinajstić information content (AvgIpc) is 3.03. The van der Waals surface area contributed by atoms with Crippen LogP contribution in [0.5, 0.6) is 5.75 Å². The summed E-state index contributed by atoms with van der Waals surface area (Å²) in [5, 5.41) is 0. The summed E-state index contributed by atoms with van der Waals surface area (Å²) in [6, 6.07) is 15.4. The third kappa shape index (κ3) is 8.79. The predicted octanol–water partition coefficient (Wildman–Crippen LogP) is 13.0. The highest BCUT2D eigenvalue weighted by Crippen LogP contribution is 2.39. The molecule has 0 fully saturated rings. The Morgan fingerprint density at radius 3 is 1.59 bits per heavy atom. The number of rotatable bonds is 11. The highest BCUT2D eigenvalue weighted by atomic mass is 19.4. The van der Waals surface area contributed by atoms with Gasteiger partial charge in [0.25, 0.3) is 0 Å². The third-order valence-corrected chi connectivity index (χ3v) is 7.99. The van der Waals surface area contributed by atoms with E-state index in [0.29, 0.717) is 41.5 Å². The van der Waals surface area contributed by atoms with Gasteiger partial charge in [0.15, 0.2) is 0 Å². The number of unbranched alkanes of at least 4 members (excludes halogenated alkanes) is 2. The quantitative estimate of drug-likeness (QED) is 0.0975. The molecule has 0 N–H and O–H groups in total. The Kier molecular flexibility index (Phi) is 10.9. The van der Waals surface area contributed by atoms with Crippen molar-refractivity contribution in [1.82, 2.24) is 0 Å². The lowest BCUT2D eigenvalue weighted by Crippen LogP contribution is -2.25. The molecule has 0 unspecified atom stereocenters. The molecule has 0 aromatic heterocycles. The standard InChI is InChI=1S/C39H27F11O/c1-2-3-4-5-22-6-8-23(9-7-22)24-10-12-28(31(40)16-24)26-19-35(44)37(36(45)20-26)39(49,50)51-27-11-13-29(34(43)21-27)25-17-32(41)30(33(42)18-25)14-15-38(46,47)48/h6-21H,2-5H2,1H3/b15-14+. The molecule has 0 heterocycles. The molecule has 5 aromatic rings. The monoisotopic (exact) mass is 720 g/mol. The van der Waals surface area contributed by atoms with Crippen LogP contribution in [0.1, 0.15) is 42.9 Å². The maximum absolute atomic E-state index is 15.2. The summed E-state index contributed by atoms with van der Waals surface area (Å²) in [5.41, 5.74) is -2.28. The second kappa shape index (κ2) is 15.0. The summed E-state index contributed by atoms with van der Waals surface area (Å²) in [4.78, 5) is 0. The van der Waals surface area contributed by atoms with Gasteiger partial charge < -0.3 is 4.74 Å². The Hall–Kier alpha value is -5.13. The second-order valence-corrected chi connectivity index (χ2v) is 11.7. The van der Waals surface area contributed by atoms with Crippen molar-refractivity contribution in [2.24, 2.45) is 0 Å². The molecule has 0 spiro atoms. The highest BCUT2D eigenvalue weighted by molar-refractivity contribution is 5.72. The molecule has 0 saturated carbocycles. The van der Waals surface area contributed by atoms with Crippen molar-refractivity contribution in [3.05, 3.63) is 143 Å². The molecule has 51 heavy (non-hydrogen) atoms. The summed E-state index contributed by atoms with van der Waals surface area (Å²) in [6.45, 7) is 2.10. The van der Waals surface area contributed by atoms with Gasteiger partial charge in [-0.15, -0.1) is 0 Å². The van der Waals surface area contributed by atoms with Crippen LogP contribution in [0.15, 0.2) is 91.0 Å². The van der Waals surface area contributed by atoms with Gasteiger partial charge in [-0.05, 0) is 89.2 Å². The fourth-order valence-corrected chi connectivity index (χ4v) is 5.45. The number of ether oxygens (including phenoxy) is 1. The van der Waals surface area contributed by atoms with Gasteiger partial charge in [-0.2, -0.15) is 22.0 Å². The van der Waals surface area contributed by atoms with Gasteiger partial charge >= 0.3 is 12.3 Å². The number of benzene rings is 5. The number of allylic oxidation sites excluding steroid dienone is 1. The van der Waals surface area contributed by atoms with Gasteiger partial charge in [-0.1, -0.05) is 56.2 Å². The van der Waals surface area contributed by atoms with Crippen molar-refractivity contribution in [3.8, 4) is 39.1 Å². The van der Waals surface area contributed by atoms with Crippen LogP contribution in [-0.2, 0) is 12.5 Å². The van der Waals surface area contributed by atoms with Gasteiger partial charge in [-0.3, -0.25) is 0 Å². The number of aryl methyl sites for hydroxylation is 1. The van der Waals surface area contributed by atoms with Crippen LogP contribution in [0, 0.1) is 34.9 Å². The van der Waals surface area contributed by atoms with Gasteiger partial charge in [0, 0.05) is 28.8 Å². The largest absolute Gasteiger partial charge is 0.432 e. The predicted molar refractivity (Wildman–Crippen MR) is 172 cm³/mol. The Morgan fingerprint density at radius 2 is 1.06 bits per heavy atom. The fourth-order valence-electron chi connectivity index (χ4n) is 5.45. The van der Waals surface area contributed by atoms with Crippen LogP contribution in [0.25, 0.3) is 39.5 Å². The molecule has 1 nitrogen and oxygen atoms in total. The van der Waals surface area contributed by atoms with E-state index in [4.69, 9.17) is 0 Å². The number of hydrogen-bond acceptors (Lipinski definition) is 1. The minimum Gasteiger partial charge on any atom is -0.429 e. The first kappa shape index (κ1) is 37.1. The van der Waals surface area contributed by atoms with E-state index in [0.717, 1.165) is 49.4 Å². The molecule has 0 atom stereocenters. The molecule has 5 aromatic carbocycles. The average molecular weight is 721 g/mol. The molecule has 0 amide bonds. The van der Waals surface area contributed by atoms with Crippen LogP contribution in [0.2, 0.25) is 0 Å². The van der Waals surface area contributed by atoms with E-state index in [-0.39, 0.29) is 17.2 Å². The Morgan fingerprint density at radius 1 is 0.549 bits per heavy atom. The lowest BCUT2D eigenvalue weighted by atomic mass is 9.97. The van der Waals surface area contributed by atoms with Gasteiger partial charge in [0.1, 0.15) is 46.2 Å².